The van der Waals surface area contributed by atoms with E-state index in [-0.39, 0.29) is 55.1 Å². The summed E-state index contributed by atoms with van der Waals surface area (Å²) in [6.07, 6.45) is 0.617. The molecule has 230 valence electrons. The number of nitrogens with one attached hydrogen (secondary N) is 3. The van der Waals surface area contributed by atoms with Gasteiger partial charge in [-0.3, -0.25) is 15.0 Å². The first-order valence-electron chi connectivity index (χ1n) is 13.9. The van der Waals surface area contributed by atoms with Crippen LogP contribution in [-0.2, 0) is 34.3 Å². The maximum atomic E-state index is 13.9. The molecular formula is C27H31N11O4S2. The van der Waals surface area contributed by atoms with Crippen LogP contribution in [0, 0.1) is 5.41 Å². The summed E-state index contributed by atoms with van der Waals surface area (Å²) in [4.78, 5) is 36.3. The lowest BCUT2D eigenvalue weighted by molar-refractivity contribution is -0.122. The van der Waals surface area contributed by atoms with Gasteiger partial charge in [-0.15, -0.1) is 21.5 Å². The first-order valence-corrected chi connectivity index (χ1v) is 16.2. The first kappa shape index (κ1) is 29.7. The SMILES string of the molecule is CN1CCc2nc(C(=O)N3CCN(S(=O)(=O)c4ccc5ccc(C(=N)N)cc5c4)CC3CC(=O)NCc3nn[nH]n3)sc2C1. The van der Waals surface area contributed by atoms with Crippen molar-refractivity contribution in [1.82, 2.24) is 45.0 Å². The second kappa shape index (κ2) is 12.0. The number of sulfonamides is 1. The number of aromatic nitrogens is 5. The topological polar surface area (TPSA) is 207 Å². The van der Waals surface area contributed by atoms with Gasteiger partial charge in [0.05, 0.1) is 23.2 Å². The molecule has 2 amide bonds. The van der Waals surface area contributed by atoms with Crippen molar-refractivity contribution in [2.24, 2.45) is 5.73 Å². The maximum Gasteiger partial charge on any atom is 0.283 e. The number of H-pyrrole nitrogens is 1. The molecule has 2 aliphatic rings. The second-order valence-corrected chi connectivity index (χ2v) is 13.9. The number of hydrogen-bond acceptors (Lipinski definition) is 11. The predicted octanol–water partition coefficient (Wildman–Crippen LogP) is 0.303. The number of carbonyl (C=O) groups excluding carboxylic acids is 2. The molecule has 0 radical (unpaired) electrons. The van der Waals surface area contributed by atoms with Crippen LogP contribution in [-0.4, -0.2) is 105 Å². The number of piperazine rings is 1. The molecule has 0 saturated carbocycles. The number of likely N-dealkylation sites (N-methyl/N-ethyl adjacent to an activating group) is 1. The number of benzene rings is 2. The molecule has 44 heavy (non-hydrogen) atoms. The van der Waals surface area contributed by atoms with Crippen LogP contribution < -0.4 is 11.1 Å². The number of nitrogens with zero attached hydrogens (tertiary/aromatic N) is 7. The quantitative estimate of drug-likeness (QED) is 0.153. The summed E-state index contributed by atoms with van der Waals surface area (Å²) in [5, 5.41) is 25.7. The number of fused-ring (bicyclic) bond motifs is 2. The van der Waals surface area contributed by atoms with Crippen molar-refractivity contribution in [1.29, 1.82) is 5.41 Å². The third kappa shape index (κ3) is 6.03. The number of tetrazole rings is 1. The number of nitrogens with two attached hydrogens (primary N) is 1. The van der Waals surface area contributed by atoms with Gasteiger partial charge in [-0.05, 0) is 36.0 Å². The molecule has 2 aromatic heterocycles. The van der Waals surface area contributed by atoms with Crippen LogP contribution in [0.25, 0.3) is 10.8 Å². The Morgan fingerprint density at radius 2 is 1.98 bits per heavy atom. The van der Waals surface area contributed by atoms with Crippen molar-refractivity contribution >= 4 is 49.8 Å². The Labute approximate surface area is 257 Å². The van der Waals surface area contributed by atoms with Crippen molar-refractivity contribution in [3.8, 4) is 0 Å². The largest absolute Gasteiger partial charge is 0.384 e. The molecule has 4 aromatic rings. The fraction of sp³-hybridized carbons (Fsp3) is 0.370. The highest BCUT2D eigenvalue weighted by atomic mass is 32.2. The van der Waals surface area contributed by atoms with Gasteiger partial charge >= 0.3 is 0 Å². The summed E-state index contributed by atoms with van der Waals surface area (Å²) < 4.78 is 29.1. The summed E-state index contributed by atoms with van der Waals surface area (Å²) in [6, 6.07) is 9.21. The lowest BCUT2D eigenvalue weighted by Crippen LogP contribution is -2.57. The van der Waals surface area contributed by atoms with Crippen molar-refractivity contribution in [3.05, 3.63) is 63.4 Å². The van der Waals surface area contributed by atoms with E-state index in [9.17, 15) is 18.0 Å². The summed E-state index contributed by atoms with van der Waals surface area (Å²) in [5.41, 5.74) is 7.04. The highest BCUT2D eigenvalue weighted by Crippen LogP contribution is 2.29. The zero-order valence-corrected chi connectivity index (χ0v) is 25.5. The zero-order valence-electron chi connectivity index (χ0n) is 23.9. The first-order chi connectivity index (χ1) is 21.1. The van der Waals surface area contributed by atoms with Gasteiger partial charge in [-0.2, -0.15) is 9.52 Å². The molecular weight excluding hydrogens is 607 g/mol. The zero-order chi connectivity index (χ0) is 31.0. The van der Waals surface area contributed by atoms with Crippen LogP contribution in [0.5, 0.6) is 0 Å². The standard InChI is InChI=1S/C27H31N11O4S2/c1-36-7-6-21-22(15-36)43-26(31-21)27(40)38-9-8-37(14-19(38)12-24(39)30-13-23-32-34-35-33-23)44(41,42)20-5-4-16-2-3-17(25(28)29)10-18(16)11-20/h2-5,10-11,19H,6-9,12-15H2,1H3,(H3,28,29)(H,30,39)(H,32,33,34,35). The summed E-state index contributed by atoms with van der Waals surface area (Å²) >= 11 is 1.35. The molecule has 5 N–H and O–H groups in total. The fourth-order valence-electron chi connectivity index (χ4n) is 5.45. The van der Waals surface area contributed by atoms with E-state index in [1.807, 2.05) is 7.05 Å². The molecule has 17 heteroatoms. The fourth-order valence-corrected chi connectivity index (χ4v) is 8.10. The number of thiazole rings is 1. The van der Waals surface area contributed by atoms with E-state index >= 15 is 0 Å². The molecule has 1 atom stereocenters. The molecule has 2 aliphatic heterocycles. The van der Waals surface area contributed by atoms with Gasteiger partial charge in [0.15, 0.2) is 10.8 Å². The molecule has 1 saturated heterocycles. The van der Waals surface area contributed by atoms with E-state index in [0.717, 1.165) is 28.9 Å². The highest BCUT2D eigenvalue weighted by Gasteiger charge is 2.39. The van der Waals surface area contributed by atoms with Crippen LogP contribution in [0.4, 0.5) is 0 Å². The van der Waals surface area contributed by atoms with E-state index in [2.05, 4.69) is 35.8 Å². The minimum atomic E-state index is -4.00. The molecule has 15 nitrogen and oxygen atoms in total. The lowest BCUT2D eigenvalue weighted by Gasteiger charge is -2.40. The molecule has 0 bridgehead atoms. The molecule has 0 spiro atoms. The molecule has 1 unspecified atom stereocenters. The number of rotatable bonds is 8. The smallest absolute Gasteiger partial charge is 0.283 e. The highest BCUT2D eigenvalue weighted by molar-refractivity contribution is 7.89. The van der Waals surface area contributed by atoms with E-state index < -0.39 is 16.1 Å². The molecule has 6 rings (SSSR count). The Kier molecular flexibility index (Phi) is 8.10. The van der Waals surface area contributed by atoms with Crippen LogP contribution in [0.15, 0.2) is 41.3 Å². The van der Waals surface area contributed by atoms with Crippen molar-refractivity contribution in [3.63, 3.8) is 0 Å². The van der Waals surface area contributed by atoms with Crippen molar-refractivity contribution in [2.75, 3.05) is 33.2 Å². The summed E-state index contributed by atoms with van der Waals surface area (Å²) in [5.74, 6) is -0.530. The molecule has 0 aliphatic carbocycles. The van der Waals surface area contributed by atoms with Crippen LogP contribution in [0.1, 0.15) is 38.2 Å². The maximum absolute atomic E-state index is 13.9. The van der Waals surface area contributed by atoms with Crippen molar-refractivity contribution in [2.45, 2.75) is 36.9 Å². The van der Waals surface area contributed by atoms with Crippen LogP contribution >= 0.6 is 11.3 Å². The van der Waals surface area contributed by atoms with Gasteiger partial charge in [0.2, 0.25) is 15.9 Å². The van der Waals surface area contributed by atoms with Gasteiger partial charge in [-0.25, -0.2) is 13.4 Å². The Bertz CT molecular complexity index is 1840. The van der Waals surface area contributed by atoms with Gasteiger partial charge in [-0.1, -0.05) is 23.4 Å². The molecule has 1 fully saturated rings. The summed E-state index contributed by atoms with van der Waals surface area (Å²) in [7, 11) is -1.98. The average Bonchev–Trinajstić information content (AvgIpc) is 3.69. The monoisotopic (exact) mass is 637 g/mol. The number of amides is 2. The second-order valence-electron chi connectivity index (χ2n) is 10.8. The van der Waals surface area contributed by atoms with Gasteiger partial charge in [0, 0.05) is 56.0 Å². The number of nitrogen functional groups attached to an aromatic ring is 1. The number of carbonyl (C=O) groups is 2. The van der Waals surface area contributed by atoms with E-state index in [4.69, 9.17) is 11.1 Å². The minimum absolute atomic E-state index is 0.0318. The van der Waals surface area contributed by atoms with Crippen molar-refractivity contribution < 1.29 is 18.0 Å². The van der Waals surface area contributed by atoms with Gasteiger partial charge in [0.1, 0.15) is 5.84 Å². The Balaban J connectivity index is 1.25. The summed E-state index contributed by atoms with van der Waals surface area (Å²) in [6.45, 7) is 1.66. The molecule has 4 heterocycles. The minimum Gasteiger partial charge on any atom is -0.384 e. The third-order valence-electron chi connectivity index (χ3n) is 7.83. The van der Waals surface area contributed by atoms with Crippen LogP contribution in [0.2, 0.25) is 0 Å². The van der Waals surface area contributed by atoms with E-state index in [1.54, 1.807) is 35.2 Å². The van der Waals surface area contributed by atoms with Crippen LogP contribution in [0.3, 0.4) is 0 Å². The third-order valence-corrected chi connectivity index (χ3v) is 10.8. The Morgan fingerprint density at radius 1 is 1.16 bits per heavy atom. The lowest BCUT2D eigenvalue weighted by atomic mass is 10.1. The molecule has 2 aromatic carbocycles. The van der Waals surface area contributed by atoms with Gasteiger partial charge < -0.3 is 20.9 Å². The number of aromatic amines is 1. The van der Waals surface area contributed by atoms with E-state index in [1.165, 1.54) is 21.7 Å². The Hall–Kier alpha value is -4.32. The number of hydrogen-bond donors (Lipinski definition) is 4. The average molecular weight is 638 g/mol. The van der Waals surface area contributed by atoms with E-state index in [0.29, 0.717) is 28.3 Å². The number of amidine groups is 1. The Morgan fingerprint density at radius 3 is 2.75 bits per heavy atom. The van der Waals surface area contributed by atoms with Gasteiger partial charge in [0.25, 0.3) is 5.91 Å². The predicted molar refractivity (Wildman–Crippen MR) is 161 cm³/mol. The normalized spacial score (nSPS) is 17.8.